The molecule has 0 heterocycles. The molecule has 3 nitrogen and oxygen atoms in total. The van der Waals surface area contributed by atoms with Gasteiger partial charge in [0.25, 0.3) is 5.91 Å². The number of carbonyl (C=O) groups is 2. The highest BCUT2D eigenvalue weighted by Crippen LogP contribution is 2.14. The number of halogens is 1. The first-order chi connectivity index (χ1) is 9.58. The van der Waals surface area contributed by atoms with E-state index in [1.807, 2.05) is 30.3 Å². The van der Waals surface area contributed by atoms with Gasteiger partial charge in [-0.3, -0.25) is 14.5 Å². The first kappa shape index (κ1) is 14.3. The molecule has 0 atom stereocenters. The number of carbonyl (C=O) groups excluding carboxylic acids is 2. The van der Waals surface area contributed by atoms with E-state index < -0.39 is 0 Å². The van der Waals surface area contributed by atoms with Gasteiger partial charge in [-0.05, 0) is 29.8 Å². The van der Waals surface area contributed by atoms with E-state index in [-0.39, 0.29) is 18.4 Å². The van der Waals surface area contributed by atoms with Gasteiger partial charge >= 0.3 is 0 Å². The fourth-order valence-corrected chi connectivity index (χ4v) is 1.97. The van der Waals surface area contributed by atoms with Gasteiger partial charge in [-0.1, -0.05) is 41.9 Å². The Hall–Kier alpha value is -2.13. The molecule has 0 aliphatic carbocycles. The van der Waals surface area contributed by atoms with Crippen molar-refractivity contribution < 1.29 is 9.59 Å². The van der Waals surface area contributed by atoms with Crippen LogP contribution in [0.15, 0.2) is 54.6 Å². The Morgan fingerprint density at radius 1 is 1.00 bits per heavy atom. The molecule has 0 aliphatic heterocycles. The van der Waals surface area contributed by atoms with Crippen molar-refractivity contribution in [3.63, 3.8) is 0 Å². The lowest BCUT2D eigenvalue weighted by atomic mass is 10.1. The molecule has 0 unspecified atom stereocenters. The molecule has 2 aromatic carbocycles. The molecule has 0 saturated heterocycles. The molecule has 20 heavy (non-hydrogen) atoms. The van der Waals surface area contributed by atoms with Gasteiger partial charge < -0.3 is 0 Å². The Morgan fingerprint density at radius 3 is 2.15 bits per heavy atom. The van der Waals surface area contributed by atoms with Crippen molar-refractivity contribution in [3.8, 4) is 0 Å². The average Bonchev–Trinajstić information content (AvgIpc) is 2.45. The minimum absolute atomic E-state index is 0.262. The number of hydrogen-bond donors (Lipinski definition) is 0. The van der Waals surface area contributed by atoms with Gasteiger partial charge in [-0.25, -0.2) is 0 Å². The molecule has 0 saturated carbocycles. The minimum atomic E-state index is -0.321. The van der Waals surface area contributed by atoms with Crippen LogP contribution in [0.3, 0.4) is 0 Å². The number of rotatable bonds is 3. The molecular weight excluding hydrogens is 274 g/mol. The molecule has 2 aromatic rings. The third-order valence-electron chi connectivity index (χ3n) is 2.90. The van der Waals surface area contributed by atoms with Crippen molar-refractivity contribution >= 4 is 23.4 Å². The third-order valence-corrected chi connectivity index (χ3v) is 3.15. The number of amides is 2. The third kappa shape index (κ3) is 3.45. The zero-order valence-corrected chi connectivity index (χ0v) is 11.8. The zero-order valence-electron chi connectivity index (χ0n) is 11.0. The van der Waals surface area contributed by atoms with Gasteiger partial charge in [0.15, 0.2) is 0 Å². The number of benzene rings is 2. The molecule has 0 fully saturated rings. The van der Waals surface area contributed by atoms with E-state index in [0.717, 1.165) is 5.56 Å². The summed E-state index contributed by atoms with van der Waals surface area (Å²) in [5, 5.41) is 0.555. The van der Waals surface area contributed by atoms with Crippen molar-refractivity contribution in [2.75, 3.05) is 0 Å². The number of hydrogen-bond acceptors (Lipinski definition) is 2. The van der Waals surface area contributed by atoms with Gasteiger partial charge in [0.1, 0.15) is 0 Å². The van der Waals surface area contributed by atoms with Crippen LogP contribution in [-0.4, -0.2) is 16.7 Å². The summed E-state index contributed by atoms with van der Waals surface area (Å²) in [6.45, 7) is 1.65. The Labute approximate surface area is 122 Å². The second-order valence-electron chi connectivity index (χ2n) is 4.40. The number of imide groups is 1. The lowest BCUT2D eigenvalue weighted by molar-refractivity contribution is -0.126. The second kappa shape index (κ2) is 6.35. The molecule has 0 aliphatic rings. The van der Waals surface area contributed by atoms with E-state index in [1.165, 1.54) is 11.8 Å². The highest BCUT2D eigenvalue weighted by molar-refractivity contribution is 6.30. The summed E-state index contributed by atoms with van der Waals surface area (Å²) in [6.07, 6.45) is 0. The smallest absolute Gasteiger partial charge is 0.260 e. The summed E-state index contributed by atoms with van der Waals surface area (Å²) in [5.74, 6) is -0.605. The largest absolute Gasteiger partial charge is 0.275 e. The van der Waals surface area contributed by atoms with Gasteiger partial charge in [0, 0.05) is 17.5 Å². The van der Waals surface area contributed by atoms with Crippen LogP contribution in [0.1, 0.15) is 22.8 Å². The monoisotopic (exact) mass is 287 g/mol. The highest BCUT2D eigenvalue weighted by atomic mass is 35.5. The quantitative estimate of drug-likeness (QED) is 0.866. The van der Waals surface area contributed by atoms with Crippen molar-refractivity contribution in [2.24, 2.45) is 0 Å². The first-order valence-electron chi connectivity index (χ1n) is 6.20. The van der Waals surface area contributed by atoms with Crippen LogP contribution < -0.4 is 0 Å². The summed E-state index contributed by atoms with van der Waals surface area (Å²) >= 11 is 5.80. The molecule has 0 spiro atoms. The summed E-state index contributed by atoms with van der Waals surface area (Å²) in [6, 6.07) is 15.9. The summed E-state index contributed by atoms with van der Waals surface area (Å²) < 4.78 is 0. The van der Waals surface area contributed by atoms with Gasteiger partial charge in [0.2, 0.25) is 5.91 Å². The SMILES string of the molecule is CC(=O)N(Cc1ccccc1)C(=O)c1ccc(Cl)cc1. The maximum atomic E-state index is 12.4. The lowest BCUT2D eigenvalue weighted by Gasteiger charge is -2.19. The fourth-order valence-electron chi connectivity index (χ4n) is 1.84. The Balaban J connectivity index is 2.22. The fraction of sp³-hybridized carbons (Fsp3) is 0.125. The predicted octanol–water partition coefficient (Wildman–Crippen LogP) is 3.53. The average molecular weight is 288 g/mol. The molecule has 0 N–H and O–H groups in total. The second-order valence-corrected chi connectivity index (χ2v) is 4.84. The van der Waals surface area contributed by atoms with E-state index in [4.69, 9.17) is 11.6 Å². The maximum absolute atomic E-state index is 12.4. The van der Waals surface area contributed by atoms with Crippen LogP contribution in [0.4, 0.5) is 0 Å². The standard InChI is InChI=1S/C16H14ClNO2/c1-12(19)18(11-13-5-3-2-4-6-13)16(20)14-7-9-15(17)10-8-14/h2-10H,11H2,1H3. The molecular formula is C16H14ClNO2. The highest BCUT2D eigenvalue weighted by Gasteiger charge is 2.19. The Kier molecular flexibility index (Phi) is 4.53. The molecule has 0 aromatic heterocycles. The van der Waals surface area contributed by atoms with Crippen molar-refractivity contribution in [1.29, 1.82) is 0 Å². The van der Waals surface area contributed by atoms with Crippen molar-refractivity contribution in [1.82, 2.24) is 4.90 Å². The van der Waals surface area contributed by atoms with Crippen LogP contribution >= 0.6 is 11.6 Å². The Bertz CT molecular complexity index is 608. The molecule has 102 valence electrons. The van der Waals surface area contributed by atoms with E-state index in [9.17, 15) is 9.59 Å². The lowest BCUT2D eigenvalue weighted by Crippen LogP contribution is -2.34. The Morgan fingerprint density at radius 2 is 1.60 bits per heavy atom. The summed E-state index contributed by atoms with van der Waals surface area (Å²) in [4.78, 5) is 25.3. The zero-order chi connectivity index (χ0) is 14.5. The van der Waals surface area contributed by atoms with Crippen LogP contribution in [0, 0.1) is 0 Å². The maximum Gasteiger partial charge on any atom is 0.260 e. The summed E-state index contributed by atoms with van der Waals surface area (Å²) in [7, 11) is 0. The van der Waals surface area contributed by atoms with Crippen molar-refractivity contribution in [2.45, 2.75) is 13.5 Å². The predicted molar refractivity (Wildman–Crippen MR) is 78.4 cm³/mol. The van der Waals surface area contributed by atoms with Crippen LogP contribution in [0.25, 0.3) is 0 Å². The van der Waals surface area contributed by atoms with E-state index in [2.05, 4.69) is 0 Å². The van der Waals surface area contributed by atoms with Crippen LogP contribution in [0.5, 0.6) is 0 Å². The van der Waals surface area contributed by atoms with E-state index in [0.29, 0.717) is 10.6 Å². The van der Waals surface area contributed by atoms with Crippen LogP contribution in [0.2, 0.25) is 5.02 Å². The molecule has 2 rings (SSSR count). The number of nitrogens with zero attached hydrogens (tertiary/aromatic N) is 1. The molecule has 0 bridgehead atoms. The summed E-state index contributed by atoms with van der Waals surface area (Å²) in [5.41, 5.74) is 1.35. The van der Waals surface area contributed by atoms with E-state index >= 15 is 0 Å². The normalized spacial score (nSPS) is 10.1. The van der Waals surface area contributed by atoms with Gasteiger partial charge in [-0.15, -0.1) is 0 Å². The molecule has 0 radical (unpaired) electrons. The first-order valence-corrected chi connectivity index (χ1v) is 6.57. The minimum Gasteiger partial charge on any atom is -0.275 e. The van der Waals surface area contributed by atoms with Gasteiger partial charge in [-0.2, -0.15) is 0 Å². The van der Waals surface area contributed by atoms with Crippen LogP contribution in [-0.2, 0) is 11.3 Å². The topological polar surface area (TPSA) is 37.4 Å². The molecule has 4 heteroatoms. The van der Waals surface area contributed by atoms with Crippen molar-refractivity contribution in [3.05, 3.63) is 70.7 Å². The van der Waals surface area contributed by atoms with E-state index in [1.54, 1.807) is 24.3 Å². The van der Waals surface area contributed by atoms with Gasteiger partial charge in [0.05, 0.1) is 6.54 Å². The molecule has 2 amide bonds.